The van der Waals surface area contributed by atoms with Crippen LogP contribution >= 0.6 is 0 Å². The number of ether oxygens (including phenoxy) is 1. The summed E-state index contributed by atoms with van der Waals surface area (Å²) < 4.78 is 5.54. The Hall–Kier alpha value is -0.0800. The first-order chi connectivity index (χ1) is 7.87. The summed E-state index contributed by atoms with van der Waals surface area (Å²) in [6.45, 7) is 14.5. The smallest absolute Gasteiger partial charge is 0.0471 e. The molecule has 1 N–H and O–H groups in total. The van der Waals surface area contributed by atoms with E-state index in [0.717, 1.165) is 25.7 Å². The monoisotopic (exact) mass is 241 g/mol. The average Bonchev–Trinajstić information content (AvgIpc) is 2.27. The second kappa shape index (κ2) is 6.19. The molecule has 1 saturated heterocycles. The predicted octanol–water partition coefficient (Wildman–Crippen LogP) is 3.61. The zero-order chi connectivity index (χ0) is 12.9. The van der Waals surface area contributed by atoms with Crippen molar-refractivity contribution in [3.8, 4) is 0 Å². The molecule has 0 radical (unpaired) electrons. The third-order valence-corrected chi connectivity index (χ3v) is 4.03. The maximum absolute atomic E-state index is 5.54. The Balaban J connectivity index is 2.58. The van der Waals surface area contributed by atoms with Crippen molar-refractivity contribution < 1.29 is 4.74 Å². The van der Waals surface area contributed by atoms with Gasteiger partial charge in [0.05, 0.1) is 0 Å². The van der Waals surface area contributed by atoms with Crippen LogP contribution in [-0.2, 0) is 4.74 Å². The van der Waals surface area contributed by atoms with E-state index in [1.54, 1.807) is 0 Å². The van der Waals surface area contributed by atoms with Crippen molar-refractivity contribution in [2.24, 2.45) is 11.3 Å². The molecule has 0 bridgehead atoms. The van der Waals surface area contributed by atoms with Gasteiger partial charge in [-0.15, -0.1) is 0 Å². The maximum Gasteiger partial charge on any atom is 0.0471 e. The fraction of sp³-hybridized carbons (Fsp3) is 1.00. The van der Waals surface area contributed by atoms with Gasteiger partial charge >= 0.3 is 0 Å². The fourth-order valence-corrected chi connectivity index (χ4v) is 2.59. The van der Waals surface area contributed by atoms with E-state index >= 15 is 0 Å². The molecule has 1 fully saturated rings. The van der Waals surface area contributed by atoms with Crippen LogP contribution in [0.4, 0.5) is 0 Å². The number of nitrogens with one attached hydrogen (secondary N) is 1. The zero-order valence-electron chi connectivity index (χ0n) is 12.4. The normalized spacial score (nSPS) is 22.4. The van der Waals surface area contributed by atoms with E-state index < -0.39 is 0 Å². The first-order valence-corrected chi connectivity index (χ1v) is 7.20. The Bertz CT molecular complexity index is 213. The standard InChI is InChI=1S/C15H31NO/c1-6-13(2)11-15(7-9-17-10-8-15)12-16-14(3,4)5/h13,16H,6-12H2,1-5H3. The second-order valence-corrected chi connectivity index (χ2v) is 6.93. The van der Waals surface area contributed by atoms with Crippen LogP contribution < -0.4 is 5.32 Å². The van der Waals surface area contributed by atoms with Gasteiger partial charge in [0.2, 0.25) is 0 Å². The van der Waals surface area contributed by atoms with Gasteiger partial charge in [-0.25, -0.2) is 0 Å². The van der Waals surface area contributed by atoms with Crippen LogP contribution in [0.25, 0.3) is 0 Å². The van der Waals surface area contributed by atoms with Crippen LogP contribution in [-0.4, -0.2) is 25.3 Å². The van der Waals surface area contributed by atoms with Gasteiger partial charge in [-0.2, -0.15) is 0 Å². The minimum atomic E-state index is 0.223. The molecule has 1 aliphatic heterocycles. The van der Waals surface area contributed by atoms with Crippen LogP contribution in [0.5, 0.6) is 0 Å². The molecule has 2 heteroatoms. The number of hydrogen-bond donors (Lipinski definition) is 1. The minimum absolute atomic E-state index is 0.223. The van der Waals surface area contributed by atoms with Crippen LogP contribution in [0.15, 0.2) is 0 Å². The Labute approximate surface area is 108 Å². The molecule has 1 rings (SSSR count). The molecule has 0 aromatic carbocycles. The van der Waals surface area contributed by atoms with Gasteiger partial charge in [-0.3, -0.25) is 0 Å². The summed E-state index contributed by atoms with van der Waals surface area (Å²) in [6, 6.07) is 0. The first kappa shape index (κ1) is 15.0. The third-order valence-electron chi connectivity index (χ3n) is 4.03. The lowest BCUT2D eigenvalue weighted by molar-refractivity contribution is 0.000155. The van der Waals surface area contributed by atoms with E-state index in [1.807, 2.05) is 0 Å². The molecule has 102 valence electrons. The fourth-order valence-electron chi connectivity index (χ4n) is 2.59. The molecule has 1 heterocycles. The average molecular weight is 241 g/mol. The molecule has 1 unspecified atom stereocenters. The summed E-state index contributed by atoms with van der Waals surface area (Å²) in [5.41, 5.74) is 0.696. The lowest BCUT2D eigenvalue weighted by atomic mass is 9.73. The van der Waals surface area contributed by atoms with Gasteiger partial charge in [-0.05, 0) is 51.4 Å². The first-order valence-electron chi connectivity index (χ1n) is 7.20. The molecule has 0 spiro atoms. The Morgan fingerprint density at radius 1 is 1.24 bits per heavy atom. The highest BCUT2D eigenvalue weighted by Gasteiger charge is 2.34. The molecule has 1 atom stereocenters. The van der Waals surface area contributed by atoms with Crippen LogP contribution in [0.1, 0.15) is 60.3 Å². The molecular weight excluding hydrogens is 210 g/mol. The van der Waals surface area contributed by atoms with E-state index in [0.29, 0.717) is 5.41 Å². The quantitative estimate of drug-likeness (QED) is 0.794. The topological polar surface area (TPSA) is 21.3 Å². The van der Waals surface area contributed by atoms with Gasteiger partial charge in [-0.1, -0.05) is 20.3 Å². The molecule has 17 heavy (non-hydrogen) atoms. The summed E-state index contributed by atoms with van der Waals surface area (Å²) in [5, 5.41) is 3.71. The summed E-state index contributed by atoms with van der Waals surface area (Å²) in [4.78, 5) is 0. The molecular formula is C15H31NO. The van der Waals surface area contributed by atoms with Crippen molar-refractivity contribution in [1.29, 1.82) is 0 Å². The van der Waals surface area contributed by atoms with Crippen LogP contribution in [0.3, 0.4) is 0 Å². The SMILES string of the molecule is CCC(C)CC1(CNC(C)(C)C)CCOCC1. The molecule has 1 aliphatic rings. The summed E-state index contributed by atoms with van der Waals surface area (Å²) in [5.74, 6) is 0.829. The van der Waals surface area contributed by atoms with Crippen LogP contribution in [0.2, 0.25) is 0 Å². The largest absolute Gasteiger partial charge is 0.381 e. The van der Waals surface area contributed by atoms with Crippen molar-refractivity contribution in [1.82, 2.24) is 5.32 Å². The highest BCUT2D eigenvalue weighted by Crippen LogP contribution is 2.37. The molecule has 0 saturated carbocycles. The molecule has 0 aliphatic carbocycles. The van der Waals surface area contributed by atoms with E-state index in [9.17, 15) is 0 Å². The van der Waals surface area contributed by atoms with Gasteiger partial charge in [0.25, 0.3) is 0 Å². The Kier molecular flexibility index (Phi) is 5.46. The van der Waals surface area contributed by atoms with Crippen molar-refractivity contribution in [3.05, 3.63) is 0 Å². The number of hydrogen-bond acceptors (Lipinski definition) is 2. The van der Waals surface area contributed by atoms with E-state index in [1.165, 1.54) is 25.7 Å². The minimum Gasteiger partial charge on any atom is -0.381 e. The molecule has 2 nitrogen and oxygen atoms in total. The highest BCUT2D eigenvalue weighted by molar-refractivity contribution is 4.87. The van der Waals surface area contributed by atoms with E-state index in [2.05, 4.69) is 39.9 Å². The lowest BCUT2D eigenvalue weighted by Gasteiger charge is -2.41. The molecule has 0 aromatic rings. The highest BCUT2D eigenvalue weighted by atomic mass is 16.5. The van der Waals surface area contributed by atoms with Gasteiger partial charge in [0.1, 0.15) is 0 Å². The second-order valence-electron chi connectivity index (χ2n) is 6.93. The van der Waals surface area contributed by atoms with Gasteiger partial charge < -0.3 is 10.1 Å². The van der Waals surface area contributed by atoms with Crippen LogP contribution in [0, 0.1) is 11.3 Å². The van der Waals surface area contributed by atoms with E-state index in [4.69, 9.17) is 4.74 Å². The Morgan fingerprint density at radius 2 is 1.82 bits per heavy atom. The van der Waals surface area contributed by atoms with Crippen molar-refractivity contribution in [2.75, 3.05) is 19.8 Å². The van der Waals surface area contributed by atoms with Gasteiger partial charge in [0, 0.05) is 25.3 Å². The third kappa shape index (κ3) is 5.39. The number of rotatable bonds is 5. The summed E-state index contributed by atoms with van der Waals surface area (Å²) in [6.07, 6.45) is 5.08. The summed E-state index contributed by atoms with van der Waals surface area (Å²) >= 11 is 0. The lowest BCUT2D eigenvalue weighted by Crippen LogP contribution is -2.46. The predicted molar refractivity (Wildman–Crippen MR) is 74.3 cm³/mol. The Morgan fingerprint density at radius 3 is 2.29 bits per heavy atom. The van der Waals surface area contributed by atoms with Gasteiger partial charge in [0.15, 0.2) is 0 Å². The van der Waals surface area contributed by atoms with Crippen molar-refractivity contribution in [3.63, 3.8) is 0 Å². The maximum atomic E-state index is 5.54. The zero-order valence-corrected chi connectivity index (χ0v) is 12.4. The van der Waals surface area contributed by atoms with Crippen molar-refractivity contribution in [2.45, 2.75) is 65.8 Å². The van der Waals surface area contributed by atoms with E-state index in [-0.39, 0.29) is 5.54 Å². The molecule has 0 amide bonds. The molecule has 0 aromatic heterocycles. The van der Waals surface area contributed by atoms with Crippen molar-refractivity contribution >= 4 is 0 Å². The summed E-state index contributed by atoms with van der Waals surface area (Å²) in [7, 11) is 0.